The molecule has 1 saturated heterocycles. The Hall–Kier alpha value is -0.150. The summed E-state index contributed by atoms with van der Waals surface area (Å²) in [7, 11) is 0. The Morgan fingerprint density at radius 3 is 1.64 bits per heavy atom. The highest BCUT2D eigenvalue weighted by atomic mass is 19.2. The highest BCUT2D eigenvalue weighted by Crippen LogP contribution is 2.14. The lowest BCUT2D eigenvalue weighted by atomic mass is 9.95. The second kappa shape index (κ2) is 4.67. The first-order chi connectivity index (χ1) is 5.29. The molecule has 0 aromatic heterocycles. The zero-order valence-corrected chi connectivity index (χ0v) is 6.93. The number of nitrogens with two attached hydrogens (primary N) is 1. The topological polar surface area (TPSA) is 29.3 Å². The van der Waals surface area contributed by atoms with Crippen molar-refractivity contribution in [2.24, 2.45) is 5.73 Å². The van der Waals surface area contributed by atoms with Gasteiger partial charge in [-0.25, -0.2) is 0 Å². The van der Waals surface area contributed by atoms with Gasteiger partial charge in [0, 0.05) is 19.1 Å². The van der Waals surface area contributed by atoms with Gasteiger partial charge in [-0.1, -0.05) is 6.42 Å². The van der Waals surface area contributed by atoms with E-state index in [0.29, 0.717) is 19.1 Å². The molecule has 1 heterocycles. The molecule has 3 heteroatoms. The zero-order chi connectivity index (χ0) is 8.10. The Labute approximate surface area is 67.5 Å². The molecule has 0 aromatic rings. The monoisotopic (exact) mass is 160 g/mol. The molecule has 0 spiro atoms. The summed E-state index contributed by atoms with van der Waals surface area (Å²) >= 11 is 0. The summed E-state index contributed by atoms with van der Waals surface area (Å²) in [5, 5.41) is 0.861. The molecule has 0 radical (unpaired) electrons. The maximum Gasteiger partial charge on any atom is 0.0290 e. The van der Waals surface area contributed by atoms with Gasteiger partial charge < -0.3 is 5.73 Å². The van der Waals surface area contributed by atoms with Crippen LogP contribution >= 0.6 is 0 Å². The Morgan fingerprint density at radius 2 is 1.55 bits per heavy atom. The molecular formula is C8H17FN2. The molecule has 2 aliphatic rings. The van der Waals surface area contributed by atoms with E-state index in [-0.39, 0.29) is 0 Å². The van der Waals surface area contributed by atoms with Crippen molar-refractivity contribution in [1.82, 2.24) is 5.12 Å². The third kappa shape index (κ3) is 3.68. The van der Waals surface area contributed by atoms with E-state index in [2.05, 4.69) is 0 Å². The Bertz CT molecular complexity index is 98.3. The Balaban J connectivity index is 0.000000112. The molecular weight excluding hydrogens is 143 g/mol. The Morgan fingerprint density at radius 1 is 1.09 bits per heavy atom. The fourth-order valence-corrected chi connectivity index (χ4v) is 1.12. The molecule has 1 saturated carbocycles. The fourth-order valence-electron chi connectivity index (χ4n) is 1.12. The van der Waals surface area contributed by atoms with Gasteiger partial charge in [0.15, 0.2) is 0 Å². The van der Waals surface area contributed by atoms with Gasteiger partial charge in [0.25, 0.3) is 0 Å². The van der Waals surface area contributed by atoms with E-state index in [4.69, 9.17) is 5.73 Å². The van der Waals surface area contributed by atoms with Crippen LogP contribution in [0.15, 0.2) is 0 Å². The molecule has 0 amide bonds. The lowest BCUT2D eigenvalue weighted by molar-refractivity contribution is 0.0574. The number of nitrogens with zero attached hydrogens (tertiary/aromatic N) is 1. The molecule has 0 atom stereocenters. The van der Waals surface area contributed by atoms with Gasteiger partial charge in [0.1, 0.15) is 0 Å². The van der Waals surface area contributed by atoms with Crippen LogP contribution in [0.1, 0.15) is 32.1 Å². The summed E-state index contributed by atoms with van der Waals surface area (Å²) in [4.78, 5) is 0. The van der Waals surface area contributed by atoms with E-state index in [1.807, 2.05) is 0 Å². The van der Waals surface area contributed by atoms with Gasteiger partial charge in [0.2, 0.25) is 0 Å². The van der Waals surface area contributed by atoms with Gasteiger partial charge in [-0.15, -0.1) is 9.60 Å². The molecule has 2 fully saturated rings. The smallest absolute Gasteiger partial charge is 0.0290 e. The minimum atomic E-state index is 0.565. The van der Waals surface area contributed by atoms with E-state index in [1.165, 1.54) is 19.3 Å². The third-order valence-electron chi connectivity index (χ3n) is 2.20. The largest absolute Gasteiger partial charge is 0.328 e. The third-order valence-corrected chi connectivity index (χ3v) is 2.20. The number of hydrogen-bond acceptors (Lipinski definition) is 2. The van der Waals surface area contributed by atoms with Crippen molar-refractivity contribution in [3.63, 3.8) is 0 Å². The Kier molecular flexibility index (Phi) is 3.80. The number of rotatable bonds is 0. The molecule has 2 N–H and O–H groups in total. The lowest BCUT2D eigenvalue weighted by Gasteiger charge is -2.18. The zero-order valence-electron chi connectivity index (χ0n) is 6.93. The van der Waals surface area contributed by atoms with Crippen LogP contribution in [0.2, 0.25) is 0 Å². The van der Waals surface area contributed by atoms with E-state index < -0.39 is 0 Å². The molecule has 0 unspecified atom stereocenters. The molecule has 2 rings (SSSR count). The van der Waals surface area contributed by atoms with Crippen LogP contribution in [0, 0.1) is 0 Å². The summed E-state index contributed by atoms with van der Waals surface area (Å²) in [5.41, 5.74) is 5.38. The van der Waals surface area contributed by atoms with Gasteiger partial charge in [-0.2, -0.15) is 0 Å². The van der Waals surface area contributed by atoms with E-state index in [0.717, 1.165) is 18.0 Å². The molecule has 0 aromatic carbocycles. The van der Waals surface area contributed by atoms with E-state index >= 15 is 0 Å². The van der Waals surface area contributed by atoms with Gasteiger partial charge in [0.05, 0.1) is 0 Å². The second-order valence-corrected chi connectivity index (χ2v) is 3.31. The maximum atomic E-state index is 11.8. The first-order valence-corrected chi connectivity index (χ1v) is 4.45. The average Bonchev–Trinajstić information content (AvgIpc) is 2.36. The van der Waals surface area contributed by atoms with Gasteiger partial charge in [-0.3, -0.25) is 0 Å². The minimum absolute atomic E-state index is 0.565. The summed E-state index contributed by atoms with van der Waals surface area (Å²) in [6.07, 6.45) is 5.97. The maximum absolute atomic E-state index is 11.8. The first-order valence-electron chi connectivity index (χ1n) is 4.45. The van der Waals surface area contributed by atoms with E-state index in [9.17, 15) is 4.48 Å². The van der Waals surface area contributed by atoms with Crippen molar-refractivity contribution < 1.29 is 4.48 Å². The van der Waals surface area contributed by atoms with Crippen LogP contribution in [-0.2, 0) is 0 Å². The van der Waals surface area contributed by atoms with Crippen molar-refractivity contribution in [2.75, 3.05) is 13.1 Å². The second-order valence-electron chi connectivity index (χ2n) is 3.31. The molecule has 0 bridgehead atoms. The van der Waals surface area contributed by atoms with Crippen LogP contribution in [-0.4, -0.2) is 24.3 Å². The van der Waals surface area contributed by atoms with Gasteiger partial charge in [-0.05, 0) is 25.7 Å². The number of hydrogen-bond donors (Lipinski definition) is 1. The van der Waals surface area contributed by atoms with Crippen molar-refractivity contribution >= 4 is 0 Å². The highest BCUT2D eigenvalue weighted by Gasteiger charge is 2.09. The molecule has 1 aliphatic heterocycles. The van der Waals surface area contributed by atoms with Crippen LogP contribution in [0.5, 0.6) is 0 Å². The van der Waals surface area contributed by atoms with Crippen LogP contribution in [0.4, 0.5) is 4.48 Å². The molecule has 2 nitrogen and oxygen atoms in total. The molecule has 66 valence electrons. The van der Waals surface area contributed by atoms with E-state index in [1.54, 1.807) is 0 Å². The normalized spacial score (nSPS) is 25.6. The summed E-state index contributed by atoms with van der Waals surface area (Å²) in [6.45, 7) is 1.31. The summed E-state index contributed by atoms with van der Waals surface area (Å²) < 4.78 is 11.8. The SMILES string of the molecule is FN1CCCC1.NC1CCC1. The standard InChI is InChI=1S/C4H8FN.C4H9N/c5-6-3-1-2-4-6;5-4-2-1-3-4/h1-4H2;4H,1-3,5H2. The quantitative estimate of drug-likeness (QED) is 0.544. The predicted molar refractivity (Wildman–Crippen MR) is 43.7 cm³/mol. The molecule has 11 heavy (non-hydrogen) atoms. The summed E-state index contributed by atoms with van der Waals surface area (Å²) in [6, 6.07) is 0.565. The highest BCUT2D eigenvalue weighted by molar-refractivity contribution is 4.70. The van der Waals surface area contributed by atoms with Crippen LogP contribution < -0.4 is 5.73 Å². The average molecular weight is 160 g/mol. The number of halogens is 1. The predicted octanol–water partition coefficient (Wildman–Crippen LogP) is 1.46. The lowest BCUT2D eigenvalue weighted by Crippen LogP contribution is -2.27. The van der Waals surface area contributed by atoms with Crippen molar-refractivity contribution in [2.45, 2.75) is 38.1 Å². The van der Waals surface area contributed by atoms with Crippen LogP contribution in [0.25, 0.3) is 0 Å². The van der Waals surface area contributed by atoms with Crippen molar-refractivity contribution in [3.05, 3.63) is 0 Å². The first kappa shape index (κ1) is 8.94. The minimum Gasteiger partial charge on any atom is -0.328 e. The van der Waals surface area contributed by atoms with Crippen molar-refractivity contribution in [3.8, 4) is 0 Å². The van der Waals surface area contributed by atoms with Crippen LogP contribution in [0.3, 0.4) is 0 Å². The molecule has 1 aliphatic carbocycles. The van der Waals surface area contributed by atoms with Gasteiger partial charge >= 0.3 is 0 Å². The fraction of sp³-hybridized carbons (Fsp3) is 1.00. The summed E-state index contributed by atoms with van der Waals surface area (Å²) in [5.74, 6) is 0. The van der Waals surface area contributed by atoms with Crippen molar-refractivity contribution in [1.29, 1.82) is 0 Å².